The van der Waals surface area contributed by atoms with Crippen LogP contribution >= 0.6 is 0 Å². The highest BCUT2D eigenvalue weighted by molar-refractivity contribution is 5.81. The molecule has 2 rings (SSSR count). The normalized spacial score (nSPS) is 36.5. The summed E-state index contributed by atoms with van der Waals surface area (Å²) in [4.78, 5) is 13.9. The Kier molecular flexibility index (Phi) is 3.29. The van der Waals surface area contributed by atoms with E-state index in [1.54, 1.807) is 0 Å². The van der Waals surface area contributed by atoms with Crippen LogP contribution in [0.15, 0.2) is 0 Å². The average Bonchev–Trinajstić information content (AvgIpc) is 2.74. The highest BCUT2D eigenvalue weighted by atomic mass is 16.2. The van der Waals surface area contributed by atoms with Crippen molar-refractivity contribution >= 4 is 5.91 Å². The van der Waals surface area contributed by atoms with Crippen molar-refractivity contribution in [3.8, 4) is 0 Å². The zero-order valence-electron chi connectivity index (χ0n) is 9.83. The SMILES string of the molecule is CCCC1NCC(=O)N1C1CCC(C)C1. The molecule has 3 nitrogen and oxygen atoms in total. The minimum atomic E-state index is 0.313. The van der Waals surface area contributed by atoms with Crippen LogP contribution in [-0.2, 0) is 4.79 Å². The van der Waals surface area contributed by atoms with Crippen molar-refractivity contribution in [3.63, 3.8) is 0 Å². The van der Waals surface area contributed by atoms with E-state index in [4.69, 9.17) is 0 Å². The van der Waals surface area contributed by atoms with Crippen LogP contribution in [0.2, 0.25) is 0 Å². The molecular weight excluding hydrogens is 188 g/mol. The molecule has 15 heavy (non-hydrogen) atoms. The van der Waals surface area contributed by atoms with Crippen LogP contribution < -0.4 is 5.32 Å². The van der Waals surface area contributed by atoms with Gasteiger partial charge in [0.1, 0.15) is 0 Å². The van der Waals surface area contributed by atoms with Gasteiger partial charge in [0.2, 0.25) is 5.91 Å². The average molecular weight is 210 g/mol. The van der Waals surface area contributed by atoms with Crippen molar-refractivity contribution in [1.82, 2.24) is 10.2 Å². The second kappa shape index (κ2) is 4.52. The Hall–Kier alpha value is -0.570. The molecular formula is C12H22N2O. The molecule has 3 atom stereocenters. The lowest BCUT2D eigenvalue weighted by Crippen LogP contribution is -2.43. The number of nitrogens with zero attached hydrogens (tertiary/aromatic N) is 1. The van der Waals surface area contributed by atoms with Gasteiger partial charge in [0.25, 0.3) is 0 Å². The lowest BCUT2D eigenvalue weighted by Gasteiger charge is -2.30. The molecule has 0 aromatic heterocycles. The van der Waals surface area contributed by atoms with Crippen LogP contribution in [0.4, 0.5) is 0 Å². The van der Waals surface area contributed by atoms with E-state index in [1.165, 1.54) is 19.3 Å². The third kappa shape index (κ3) is 2.17. The molecule has 0 radical (unpaired) electrons. The van der Waals surface area contributed by atoms with E-state index >= 15 is 0 Å². The van der Waals surface area contributed by atoms with E-state index in [0.29, 0.717) is 24.7 Å². The molecule has 2 aliphatic rings. The highest BCUT2D eigenvalue weighted by Crippen LogP contribution is 2.31. The van der Waals surface area contributed by atoms with E-state index in [2.05, 4.69) is 24.1 Å². The lowest BCUT2D eigenvalue weighted by molar-refractivity contribution is -0.130. The van der Waals surface area contributed by atoms with Gasteiger partial charge in [-0.05, 0) is 31.6 Å². The second-order valence-corrected chi connectivity index (χ2v) is 5.06. The first-order valence-electron chi connectivity index (χ1n) is 6.27. The Morgan fingerprint density at radius 1 is 1.47 bits per heavy atom. The van der Waals surface area contributed by atoms with E-state index in [0.717, 1.165) is 18.8 Å². The molecule has 1 N–H and O–H groups in total. The molecule has 86 valence electrons. The number of nitrogens with one attached hydrogen (secondary N) is 1. The summed E-state index contributed by atoms with van der Waals surface area (Å²) in [5.41, 5.74) is 0. The minimum Gasteiger partial charge on any atom is -0.323 e. The molecule has 0 bridgehead atoms. The molecule has 1 aliphatic heterocycles. The maximum atomic E-state index is 11.8. The number of amides is 1. The number of hydrogen-bond donors (Lipinski definition) is 1. The molecule has 1 aliphatic carbocycles. The largest absolute Gasteiger partial charge is 0.323 e. The molecule has 0 aromatic rings. The summed E-state index contributed by atoms with van der Waals surface area (Å²) in [6, 6.07) is 0.513. The lowest BCUT2D eigenvalue weighted by atomic mass is 10.1. The fraction of sp³-hybridized carbons (Fsp3) is 0.917. The summed E-state index contributed by atoms with van der Waals surface area (Å²) in [5.74, 6) is 1.11. The topological polar surface area (TPSA) is 32.3 Å². The predicted octanol–water partition coefficient (Wildman–Crippen LogP) is 1.73. The molecule has 1 saturated heterocycles. The smallest absolute Gasteiger partial charge is 0.238 e. The summed E-state index contributed by atoms with van der Waals surface area (Å²) in [6.07, 6.45) is 6.24. The first-order chi connectivity index (χ1) is 7.22. The molecule has 1 saturated carbocycles. The van der Waals surface area contributed by atoms with Gasteiger partial charge < -0.3 is 4.90 Å². The van der Waals surface area contributed by atoms with Crippen molar-refractivity contribution in [2.24, 2.45) is 5.92 Å². The van der Waals surface area contributed by atoms with Crippen LogP contribution in [0.1, 0.15) is 46.0 Å². The van der Waals surface area contributed by atoms with Crippen molar-refractivity contribution in [1.29, 1.82) is 0 Å². The Morgan fingerprint density at radius 2 is 2.27 bits per heavy atom. The minimum absolute atomic E-state index is 0.313. The Morgan fingerprint density at radius 3 is 2.87 bits per heavy atom. The first-order valence-corrected chi connectivity index (χ1v) is 6.27. The van der Waals surface area contributed by atoms with E-state index in [-0.39, 0.29) is 0 Å². The van der Waals surface area contributed by atoms with Crippen LogP contribution in [0.25, 0.3) is 0 Å². The van der Waals surface area contributed by atoms with Gasteiger partial charge >= 0.3 is 0 Å². The van der Waals surface area contributed by atoms with E-state index in [9.17, 15) is 4.79 Å². The third-order valence-electron chi connectivity index (χ3n) is 3.74. The maximum absolute atomic E-state index is 11.8. The third-order valence-corrected chi connectivity index (χ3v) is 3.74. The summed E-state index contributed by atoms with van der Waals surface area (Å²) in [5, 5.41) is 3.33. The summed E-state index contributed by atoms with van der Waals surface area (Å²) < 4.78 is 0. The summed E-state index contributed by atoms with van der Waals surface area (Å²) in [7, 11) is 0. The van der Waals surface area contributed by atoms with Gasteiger partial charge in [-0.3, -0.25) is 10.1 Å². The van der Waals surface area contributed by atoms with Gasteiger partial charge in [-0.15, -0.1) is 0 Å². The fourth-order valence-corrected chi connectivity index (χ4v) is 2.97. The Bertz CT molecular complexity index is 242. The molecule has 3 heteroatoms. The number of carbonyl (C=O) groups is 1. The Labute approximate surface area is 92.2 Å². The van der Waals surface area contributed by atoms with Crippen molar-refractivity contribution < 1.29 is 4.79 Å². The number of hydrogen-bond acceptors (Lipinski definition) is 2. The van der Waals surface area contributed by atoms with Crippen molar-refractivity contribution in [2.45, 2.75) is 58.2 Å². The van der Waals surface area contributed by atoms with Gasteiger partial charge in [-0.1, -0.05) is 20.3 Å². The predicted molar refractivity (Wildman–Crippen MR) is 60.3 cm³/mol. The van der Waals surface area contributed by atoms with Crippen molar-refractivity contribution in [2.75, 3.05) is 6.54 Å². The molecule has 0 spiro atoms. The zero-order valence-corrected chi connectivity index (χ0v) is 9.83. The first kappa shape index (κ1) is 10.9. The second-order valence-electron chi connectivity index (χ2n) is 5.06. The number of carbonyl (C=O) groups excluding carboxylic acids is 1. The van der Waals surface area contributed by atoms with E-state index < -0.39 is 0 Å². The number of rotatable bonds is 3. The standard InChI is InChI=1S/C12H22N2O/c1-3-4-11-13-8-12(15)14(11)10-6-5-9(2)7-10/h9-11,13H,3-8H2,1-2H3. The van der Waals surface area contributed by atoms with Gasteiger partial charge in [0.05, 0.1) is 12.7 Å². The fourth-order valence-electron chi connectivity index (χ4n) is 2.97. The van der Waals surface area contributed by atoms with Crippen LogP contribution in [0.5, 0.6) is 0 Å². The van der Waals surface area contributed by atoms with Crippen LogP contribution in [-0.4, -0.2) is 29.6 Å². The molecule has 1 heterocycles. The molecule has 0 aromatic carbocycles. The highest BCUT2D eigenvalue weighted by Gasteiger charge is 2.37. The summed E-state index contributed by atoms with van der Waals surface area (Å²) in [6.45, 7) is 5.03. The van der Waals surface area contributed by atoms with Gasteiger partial charge in [0, 0.05) is 6.04 Å². The van der Waals surface area contributed by atoms with Crippen LogP contribution in [0, 0.1) is 5.92 Å². The van der Waals surface area contributed by atoms with Gasteiger partial charge in [0.15, 0.2) is 0 Å². The van der Waals surface area contributed by atoms with E-state index in [1.807, 2.05) is 0 Å². The van der Waals surface area contributed by atoms with Gasteiger partial charge in [-0.25, -0.2) is 0 Å². The molecule has 3 unspecified atom stereocenters. The molecule has 1 amide bonds. The maximum Gasteiger partial charge on any atom is 0.238 e. The molecule has 2 fully saturated rings. The quantitative estimate of drug-likeness (QED) is 0.769. The zero-order chi connectivity index (χ0) is 10.8. The van der Waals surface area contributed by atoms with Gasteiger partial charge in [-0.2, -0.15) is 0 Å². The monoisotopic (exact) mass is 210 g/mol. The summed E-state index contributed by atoms with van der Waals surface area (Å²) >= 11 is 0. The van der Waals surface area contributed by atoms with Crippen LogP contribution in [0.3, 0.4) is 0 Å². The Balaban J connectivity index is 2.00. The van der Waals surface area contributed by atoms with Crippen molar-refractivity contribution in [3.05, 3.63) is 0 Å².